The number of unbranched alkanes of at least 4 members (excludes halogenated alkanes) is 14. The lowest BCUT2D eigenvalue weighted by atomic mass is 10.0. The van der Waals surface area contributed by atoms with Crippen LogP contribution in [0.5, 0.6) is 0 Å². The average Bonchev–Trinajstić information content (AvgIpc) is 2.50. The van der Waals surface area contributed by atoms with Crippen LogP contribution in [0.3, 0.4) is 0 Å². The first-order valence-electron chi connectivity index (χ1n) is 10.3. The second-order valence-electron chi connectivity index (χ2n) is 7.16. The van der Waals surface area contributed by atoms with Gasteiger partial charge in [-0.2, -0.15) is 0 Å². The van der Waals surface area contributed by atoms with E-state index in [1.165, 1.54) is 103 Å². The highest BCUT2D eigenvalue weighted by molar-refractivity contribution is 5.66. The van der Waals surface area contributed by atoms with E-state index in [0.717, 1.165) is 6.42 Å². The molecular formula is C21H42O2. The van der Waals surface area contributed by atoms with Gasteiger partial charge in [0.05, 0.1) is 6.10 Å². The van der Waals surface area contributed by atoms with Crippen LogP contribution >= 0.6 is 0 Å². The summed E-state index contributed by atoms with van der Waals surface area (Å²) in [5.74, 6) is -0.154. The van der Waals surface area contributed by atoms with Crippen molar-refractivity contribution < 1.29 is 9.53 Å². The first kappa shape index (κ1) is 22.5. The molecule has 1 atom stereocenters. The largest absolute Gasteiger partial charge is 0.463 e. The van der Waals surface area contributed by atoms with E-state index in [9.17, 15) is 4.79 Å². The summed E-state index contributed by atoms with van der Waals surface area (Å²) in [5, 5.41) is 0. The van der Waals surface area contributed by atoms with Crippen molar-refractivity contribution in [3.8, 4) is 0 Å². The van der Waals surface area contributed by atoms with Gasteiger partial charge >= 0.3 is 5.97 Å². The molecule has 0 radical (unpaired) electrons. The summed E-state index contributed by atoms with van der Waals surface area (Å²) in [6, 6.07) is 0. The molecule has 0 aromatic carbocycles. The molecule has 0 N–H and O–H groups in total. The van der Waals surface area contributed by atoms with Crippen molar-refractivity contribution >= 4 is 5.97 Å². The summed E-state index contributed by atoms with van der Waals surface area (Å²) in [6.07, 6.45) is 22.0. The molecule has 138 valence electrons. The van der Waals surface area contributed by atoms with Crippen LogP contribution in [0.1, 0.15) is 124 Å². The summed E-state index contributed by atoms with van der Waals surface area (Å²) < 4.78 is 5.13. The average molecular weight is 327 g/mol. The highest BCUT2D eigenvalue weighted by atomic mass is 16.5. The Hall–Kier alpha value is -0.530. The van der Waals surface area contributed by atoms with Crippen LogP contribution in [0.2, 0.25) is 0 Å². The van der Waals surface area contributed by atoms with Crippen LogP contribution < -0.4 is 0 Å². The minimum absolute atomic E-state index is 0.0921. The maximum Gasteiger partial charge on any atom is 0.302 e. The molecule has 23 heavy (non-hydrogen) atoms. The summed E-state index contributed by atoms with van der Waals surface area (Å²) in [5.41, 5.74) is 0. The van der Waals surface area contributed by atoms with Crippen LogP contribution in [0.25, 0.3) is 0 Å². The van der Waals surface area contributed by atoms with Crippen LogP contribution in [0.4, 0.5) is 0 Å². The normalized spacial score (nSPS) is 12.3. The molecule has 0 aliphatic heterocycles. The maximum absolute atomic E-state index is 10.8. The molecule has 0 aliphatic rings. The van der Waals surface area contributed by atoms with Crippen molar-refractivity contribution in [1.29, 1.82) is 0 Å². The number of hydrogen-bond donors (Lipinski definition) is 0. The van der Waals surface area contributed by atoms with E-state index in [1.807, 2.05) is 6.92 Å². The second kappa shape index (κ2) is 17.8. The molecule has 0 fully saturated rings. The first-order valence-corrected chi connectivity index (χ1v) is 10.3. The predicted molar refractivity (Wildman–Crippen MR) is 101 cm³/mol. The third-order valence-corrected chi connectivity index (χ3v) is 4.58. The summed E-state index contributed by atoms with van der Waals surface area (Å²) in [4.78, 5) is 10.8. The SMILES string of the molecule is CCCCCCCCCCCCCCCCC[C@@H](C)OC(C)=O. The van der Waals surface area contributed by atoms with Gasteiger partial charge in [0.25, 0.3) is 0 Å². The Morgan fingerprint density at radius 3 is 1.39 bits per heavy atom. The van der Waals surface area contributed by atoms with Crippen molar-refractivity contribution in [2.75, 3.05) is 0 Å². The maximum atomic E-state index is 10.8. The zero-order chi connectivity index (χ0) is 17.2. The lowest BCUT2D eigenvalue weighted by Crippen LogP contribution is -2.11. The fraction of sp³-hybridized carbons (Fsp3) is 0.952. The van der Waals surface area contributed by atoms with E-state index in [-0.39, 0.29) is 12.1 Å². The number of carbonyl (C=O) groups excluding carboxylic acids is 1. The molecule has 0 aliphatic carbocycles. The molecule has 0 aromatic heterocycles. The molecule has 0 aromatic rings. The number of carbonyl (C=O) groups is 1. The summed E-state index contributed by atoms with van der Waals surface area (Å²) >= 11 is 0. The van der Waals surface area contributed by atoms with Crippen LogP contribution in [-0.4, -0.2) is 12.1 Å². The van der Waals surface area contributed by atoms with Crippen molar-refractivity contribution in [1.82, 2.24) is 0 Å². The molecule has 0 amide bonds. The Morgan fingerprint density at radius 2 is 1.04 bits per heavy atom. The fourth-order valence-corrected chi connectivity index (χ4v) is 3.15. The van der Waals surface area contributed by atoms with E-state index in [2.05, 4.69) is 6.92 Å². The third kappa shape index (κ3) is 19.4. The van der Waals surface area contributed by atoms with Crippen LogP contribution in [0, 0.1) is 0 Å². The van der Waals surface area contributed by atoms with Crippen molar-refractivity contribution in [3.05, 3.63) is 0 Å². The zero-order valence-corrected chi connectivity index (χ0v) is 16.2. The monoisotopic (exact) mass is 326 g/mol. The van der Waals surface area contributed by atoms with Crippen molar-refractivity contribution in [2.24, 2.45) is 0 Å². The minimum atomic E-state index is -0.154. The van der Waals surface area contributed by atoms with Crippen molar-refractivity contribution in [2.45, 2.75) is 130 Å². The summed E-state index contributed by atoms with van der Waals surface area (Å²) in [6.45, 7) is 5.76. The molecule has 0 bridgehead atoms. The quantitative estimate of drug-likeness (QED) is 0.209. The Kier molecular flexibility index (Phi) is 17.4. The molecule has 2 nitrogen and oxygen atoms in total. The van der Waals surface area contributed by atoms with Crippen LogP contribution in [0.15, 0.2) is 0 Å². The number of esters is 1. The smallest absolute Gasteiger partial charge is 0.302 e. The lowest BCUT2D eigenvalue weighted by molar-refractivity contribution is -0.145. The van der Waals surface area contributed by atoms with Gasteiger partial charge in [-0.05, 0) is 19.8 Å². The van der Waals surface area contributed by atoms with Gasteiger partial charge in [-0.1, -0.05) is 96.8 Å². The third-order valence-electron chi connectivity index (χ3n) is 4.58. The fourth-order valence-electron chi connectivity index (χ4n) is 3.15. The van der Waals surface area contributed by atoms with E-state index in [4.69, 9.17) is 4.74 Å². The molecule has 0 saturated carbocycles. The minimum Gasteiger partial charge on any atom is -0.463 e. The number of rotatable bonds is 17. The lowest BCUT2D eigenvalue weighted by Gasteiger charge is -2.11. The van der Waals surface area contributed by atoms with Crippen molar-refractivity contribution in [3.63, 3.8) is 0 Å². The molecule has 0 spiro atoms. The first-order chi connectivity index (χ1) is 11.2. The van der Waals surface area contributed by atoms with Gasteiger partial charge in [0, 0.05) is 6.92 Å². The van der Waals surface area contributed by atoms with Gasteiger partial charge in [0.2, 0.25) is 0 Å². The van der Waals surface area contributed by atoms with Gasteiger partial charge in [-0.15, -0.1) is 0 Å². The van der Waals surface area contributed by atoms with Gasteiger partial charge in [-0.3, -0.25) is 4.79 Å². The van der Waals surface area contributed by atoms with Gasteiger partial charge in [-0.25, -0.2) is 0 Å². The second-order valence-corrected chi connectivity index (χ2v) is 7.16. The molecule has 0 saturated heterocycles. The summed E-state index contributed by atoms with van der Waals surface area (Å²) in [7, 11) is 0. The Morgan fingerprint density at radius 1 is 0.696 bits per heavy atom. The van der Waals surface area contributed by atoms with Gasteiger partial charge in [0.1, 0.15) is 0 Å². The van der Waals surface area contributed by atoms with E-state index < -0.39 is 0 Å². The molecular weight excluding hydrogens is 284 g/mol. The standard InChI is InChI=1S/C21H42O2/c1-4-5-6-7-8-9-10-11-12-13-14-15-16-17-18-19-20(2)23-21(3)22/h20H,4-19H2,1-3H3/t20-/m1/s1. The Labute approximate surface area is 145 Å². The van der Waals surface area contributed by atoms with Gasteiger partial charge in [0.15, 0.2) is 0 Å². The van der Waals surface area contributed by atoms with E-state index in [0.29, 0.717) is 0 Å². The zero-order valence-electron chi connectivity index (χ0n) is 16.2. The van der Waals surface area contributed by atoms with E-state index >= 15 is 0 Å². The molecule has 2 heteroatoms. The number of ether oxygens (including phenoxy) is 1. The molecule has 0 heterocycles. The highest BCUT2D eigenvalue weighted by Gasteiger charge is 2.04. The Bertz CT molecular complexity index is 250. The van der Waals surface area contributed by atoms with E-state index in [1.54, 1.807) is 0 Å². The van der Waals surface area contributed by atoms with Gasteiger partial charge < -0.3 is 4.74 Å². The number of hydrogen-bond acceptors (Lipinski definition) is 2. The van der Waals surface area contributed by atoms with Crippen LogP contribution in [-0.2, 0) is 9.53 Å². The highest BCUT2D eigenvalue weighted by Crippen LogP contribution is 2.14. The Balaban J connectivity index is 3.06. The molecule has 0 rings (SSSR count). The predicted octanol–water partition coefficient (Wildman–Crippen LogP) is 7.20. The topological polar surface area (TPSA) is 26.3 Å². The molecule has 0 unspecified atom stereocenters.